The monoisotopic (exact) mass is 215 g/mol. The fourth-order valence-electron chi connectivity index (χ4n) is 0.127. The predicted octanol–water partition coefficient (Wildman–Crippen LogP) is 0.735. The lowest BCUT2D eigenvalue weighted by atomic mass is 11.1. The molecule has 3 nitrogen and oxygen atoms in total. The highest BCUT2D eigenvalue weighted by molar-refractivity contribution is 14.1. The van der Waals surface area contributed by atoms with Gasteiger partial charge in [-0.25, -0.2) is 4.79 Å². The predicted molar refractivity (Wildman–Crippen MR) is 34.4 cm³/mol. The molecule has 42 valence electrons. The van der Waals surface area contributed by atoms with E-state index in [9.17, 15) is 4.79 Å². The SMILES string of the molecule is COC(=O)NCI. The topological polar surface area (TPSA) is 38.3 Å². The summed E-state index contributed by atoms with van der Waals surface area (Å²) in [6.45, 7) is 0. The van der Waals surface area contributed by atoms with Crippen LogP contribution in [0.4, 0.5) is 4.79 Å². The minimum atomic E-state index is -0.380. The molecule has 0 saturated heterocycles. The van der Waals surface area contributed by atoms with Gasteiger partial charge in [-0.05, 0) is 0 Å². The second kappa shape index (κ2) is 4.17. The van der Waals surface area contributed by atoms with E-state index in [0.717, 1.165) is 0 Å². The Morgan fingerprint density at radius 2 is 2.57 bits per heavy atom. The summed E-state index contributed by atoms with van der Waals surface area (Å²) in [4.78, 5) is 10.1. The first-order chi connectivity index (χ1) is 3.31. The van der Waals surface area contributed by atoms with Crippen LogP contribution in [0.15, 0.2) is 0 Å². The van der Waals surface area contributed by atoms with Gasteiger partial charge in [-0.3, -0.25) is 0 Å². The zero-order valence-electron chi connectivity index (χ0n) is 3.90. The first kappa shape index (κ1) is 7.00. The van der Waals surface area contributed by atoms with E-state index < -0.39 is 0 Å². The van der Waals surface area contributed by atoms with Gasteiger partial charge in [0, 0.05) is 0 Å². The first-order valence-corrected chi connectivity index (χ1v) is 3.21. The van der Waals surface area contributed by atoms with Crippen molar-refractivity contribution in [3.8, 4) is 0 Å². The summed E-state index contributed by atoms with van der Waals surface area (Å²) >= 11 is 2.01. The number of carbonyl (C=O) groups is 1. The maximum absolute atomic E-state index is 10.1. The Morgan fingerprint density at radius 3 is 2.71 bits per heavy atom. The lowest BCUT2D eigenvalue weighted by Gasteiger charge is -1.94. The third kappa shape index (κ3) is 3.84. The molecule has 0 aliphatic heterocycles. The second-order valence-electron chi connectivity index (χ2n) is 0.802. The van der Waals surface area contributed by atoms with Crippen molar-refractivity contribution < 1.29 is 9.53 Å². The van der Waals surface area contributed by atoms with E-state index in [1.807, 2.05) is 22.6 Å². The average molecular weight is 215 g/mol. The summed E-state index contributed by atoms with van der Waals surface area (Å²) < 4.78 is 4.82. The molecule has 1 N–H and O–H groups in total. The van der Waals surface area contributed by atoms with Crippen molar-refractivity contribution in [3.05, 3.63) is 0 Å². The number of rotatable bonds is 1. The number of halogens is 1. The van der Waals surface area contributed by atoms with Crippen LogP contribution in [-0.4, -0.2) is 17.8 Å². The van der Waals surface area contributed by atoms with Gasteiger partial charge >= 0.3 is 6.09 Å². The number of hydrogen-bond donors (Lipinski definition) is 1. The Hall–Kier alpha value is 0. The van der Waals surface area contributed by atoms with E-state index in [0.29, 0.717) is 4.55 Å². The van der Waals surface area contributed by atoms with Crippen LogP contribution < -0.4 is 5.32 Å². The molecule has 0 rings (SSSR count). The Balaban J connectivity index is 3.00. The summed E-state index contributed by atoms with van der Waals surface area (Å²) in [5.41, 5.74) is 0. The van der Waals surface area contributed by atoms with Crippen LogP contribution in [0.3, 0.4) is 0 Å². The Bertz CT molecular complexity index is 66.0. The minimum absolute atomic E-state index is 0.380. The number of nitrogens with one attached hydrogen (secondary N) is 1. The lowest BCUT2D eigenvalue weighted by Crippen LogP contribution is -2.20. The molecule has 0 bridgehead atoms. The molecular formula is C3H6INO2. The number of amides is 1. The Kier molecular flexibility index (Phi) is 4.17. The fourth-order valence-corrected chi connectivity index (χ4v) is 0.438. The molecule has 4 heteroatoms. The Labute approximate surface area is 55.6 Å². The summed E-state index contributed by atoms with van der Waals surface area (Å²) in [5.74, 6) is 0. The molecule has 0 fully saturated rings. The van der Waals surface area contributed by atoms with E-state index in [1.165, 1.54) is 7.11 Å². The summed E-state index contributed by atoms with van der Waals surface area (Å²) in [6, 6.07) is 0. The molecule has 0 aliphatic carbocycles. The van der Waals surface area contributed by atoms with Crippen LogP contribution in [-0.2, 0) is 4.74 Å². The summed E-state index contributed by atoms with van der Waals surface area (Å²) in [7, 11) is 1.33. The molecule has 0 unspecified atom stereocenters. The van der Waals surface area contributed by atoms with Crippen molar-refractivity contribution >= 4 is 28.7 Å². The smallest absolute Gasteiger partial charge is 0.407 e. The summed E-state index contributed by atoms with van der Waals surface area (Å²) in [6.07, 6.45) is -0.380. The normalized spacial score (nSPS) is 7.71. The van der Waals surface area contributed by atoms with Crippen LogP contribution in [0.1, 0.15) is 0 Å². The number of hydrogen-bond acceptors (Lipinski definition) is 2. The van der Waals surface area contributed by atoms with Gasteiger partial charge < -0.3 is 10.1 Å². The van der Waals surface area contributed by atoms with Crippen molar-refractivity contribution in [3.63, 3.8) is 0 Å². The third-order valence-electron chi connectivity index (χ3n) is 0.397. The molecule has 0 spiro atoms. The van der Waals surface area contributed by atoms with Crippen LogP contribution >= 0.6 is 22.6 Å². The van der Waals surface area contributed by atoms with E-state index in [2.05, 4.69) is 10.1 Å². The molecule has 7 heavy (non-hydrogen) atoms. The second-order valence-corrected chi connectivity index (χ2v) is 1.56. The maximum Gasteiger partial charge on any atom is 0.407 e. The Morgan fingerprint density at radius 1 is 2.00 bits per heavy atom. The maximum atomic E-state index is 10.1. The number of methoxy groups -OCH3 is 1. The lowest BCUT2D eigenvalue weighted by molar-refractivity contribution is 0.173. The highest BCUT2D eigenvalue weighted by atomic mass is 127. The molecule has 0 saturated carbocycles. The van der Waals surface area contributed by atoms with Crippen molar-refractivity contribution in [1.82, 2.24) is 5.32 Å². The molecular weight excluding hydrogens is 209 g/mol. The molecule has 0 aliphatic rings. The number of alkyl carbamates (subject to hydrolysis) is 1. The highest BCUT2D eigenvalue weighted by Gasteiger charge is 1.90. The quantitative estimate of drug-likeness (QED) is 0.398. The molecule has 0 radical (unpaired) electrons. The highest BCUT2D eigenvalue weighted by Crippen LogP contribution is 1.75. The zero-order chi connectivity index (χ0) is 5.70. The largest absolute Gasteiger partial charge is 0.453 e. The van der Waals surface area contributed by atoms with Gasteiger partial charge in [-0.1, -0.05) is 22.6 Å². The molecule has 0 aromatic carbocycles. The molecule has 0 atom stereocenters. The molecule has 0 aromatic heterocycles. The molecule has 0 aromatic rings. The first-order valence-electron chi connectivity index (χ1n) is 1.69. The van der Waals surface area contributed by atoms with Crippen LogP contribution in [0.5, 0.6) is 0 Å². The van der Waals surface area contributed by atoms with E-state index >= 15 is 0 Å². The molecule has 0 heterocycles. The van der Waals surface area contributed by atoms with Gasteiger partial charge in [-0.15, -0.1) is 0 Å². The van der Waals surface area contributed by atoms with Gasteiger partial charge in [0.2, 0.25) is 0 Å². The van der Waals surface area contributed by atoms with Gasteiger partial charge in [0.25, 0.3) is 0 Å². The third-order valence-corrected chi connectivity index (χ3v) is 0.778. The van der Waals surface area contributed by atoms with E-state index in [4.69, 9.17) is 0 Å². The fraction of sp³-hybridized carbons (Fsp3) is 0.667. The van der Waals surface area contributed by atoms with Gasteiger partial charge in [0.05, 0.1) is 11.7 Å². The van der Waals surface area contributed by atoms with Crippen molar-refractivity contribution in [1.29, 1.82) is 0 Å². The zero-order valence-corrected chi connectivity index (χ0v) is 6.06. The van der Waals surface area contributed by atoms with Gasteiger partial charge in [0.1, 0.15) is 0 Å². The van der Waals surface area contributed by atoms with Crippen LogP contribution in [0.2, 0.25) is 0 Å². The van der Waals surface area contributed by atoms with E-state index in [1.54, 1.807) is 0 Å². The average Bonchev–Trinajstić information content (AvgIpc) is 1.68. The number of carbonyl (C=O) groups excluding carboxylic acids is 1. The van der Waals surface area contributed by atoms with Crippen molar-refractivity contribution in [2.24, 2.45) is 0 Å². The van der Waals surface area contributed by atoms with Gasteiger partial charge in [-0.2, -0.15) is 0 Å². The van der Waals surface area contributed by atoms with Crippen LogP contribution in [0.25, 0.3) is 0 Å². The minimum Gasteiger partial charge on any atom is -0.453 e. The number of ether oxygens (including phenoxy) is 1. The van der Waals surface area contributed by atoms with Crippen LogP contribution in [0, 0.1) is 0 Å². The molecule has 1 amide bonds. The standard InChI is InChI=1S/C3H6INO2/c1-7-3(6)5-2-4/h2H2,1H3,(H,5,6). The van der Waals surface area contributed by atoms with Crippen molar-refractivity contribution in [2.45, 2.75) is 0 Å². The van der Waals surface area contributed by atoms with Gasteiger partial charge in [0.15, 0.2) is 0 Å². The number of alkyl halides is 1. The van der Waals surface area contributed by atoms with Crippen molar-refractivity contribution in [2.75, 3.05) is 11.7 Å². The van der Waals surface area contributed by atoms with E-state index in [-0.39, 0.29) is 6.09 Å². The summed E-state index contributed by atoms with van der Waals surface area (Å²) in [5, 5.41) is 2.42.